The van der Waals surface area contributed by atoms with Gasteiger partial charge in [-0.05, 0) is 32.8 Å². The number of non-ortho nitro benzene ring substituents is 1. The number of nitrogens with one attached hydrogen (secondary N) is 1. The zero-order valence-corrected chi connectivity index (χ0v) is 12.4. The second-order valence-corrected chi connectivity index (χ2v) is 5.65. The summed E-state index contributed by atoms with van der Waals surface area (Å²) in [5, 5.41) is 23.2. The number of rotatable bonds is 4. The lowest BCUT2D eigenvalue weighted by Crippen LogP contribution is -2.42. The van der Waals surface area contributed by atoms with Crippen LogP contribution >= 0.6 is 0 Å². The lowest BCUT2D eigenvalue weighted by molar-refractivity contribution is -0.384. The van der Waals surface area contributed by atoms with Crippen molar-refractivity contribution in [3.8, 4) is 6.07 Å². The fourth-order valence-electron chi connectivity index (χ4n) is 2.64. The minimum atomic E-state index is -0.480. The Labute approximate surface area is 124 Å². The molecule has 21 heavy (non-hydrogen) atoms. The molecular formula is C15H20N4O2. The van der Waals surface area contributed by atoms with Gasteiger partial charge in [0.15, 0.2) is 0 Å². The van der Waals surface area contributed by atoms with E-state index in [0.29, 0.717) is 23.3 Å². The van der Waals surface area contributed by atoms with Crippen LogP contribution in [0.5, 0.6) is 0 Å². The molecule has 1 aliphatic rings. The van der Waals surface area contributed by atoms with Crippen molar-refractivity contribution in [1.29, 1.82) is 5.26 Å². The van der Waals surface area contributed by atoms with Gasteiger partial charge in [0.1, 0.15) is 6.07 Å². The molecule has 6 nitrogen and oxygen atoms in total. The Balaban J connectivity index is 2.04. The van der Waals surface area contributed by atoms with Crippen LogP contribution in [0.4, 0.5) is 11.4 Å². The molecule has 0 radical (unpaired) electrons. The van der Waals surface area contributed by atoms with Gasteiger partial charge in [-0.1, -0.05) is 0 Å². The SMILES string of the molecule is CC(C)N1CCC(Nc2ccc([N+](=O)[O-])cc2C#N)CC1. The molecule has 2 rings (SSSR count). The van der Waals surface area contributed by atoms with Crippen LogP contribution in [0.15, 0.2) is 18.2 Å². The Morgan fingerprint density at radius 3 is 2.62 bits per heavy atom. The standard InChI is InChI=1S/C15H20N4O2/c1-11(2)18-7-5-13(6-8-18)17-15-4-3-14(19(20)21)9-12(15)10-16/h3-4,9,11,13,17H,5-8H2,1-2H3. The molecule has 0 spiro atoms. The Bertz CT molecular complexity index is 557. The number of nitrogens with zero attached hydrogens (tertiary/aromatic N) is 3. The first-order valence-electron chi connectivity index (χ1n) is 7.20. The summed E-state index contributed by atoms with van der Waals surface area (Å²) in [4.78, 5) is 12.7. The van der Waals surface area contributed by atoms with Gasteiger partial charge in [-0.25, -0.2) is 0 Å². The summed E-state index contributed by atoms with van der Waals surface area (Å²) < 4.78 is 0. The molecule has 1 heterocycles. The zero-order chi connectivity index (χ0) is 15.4. The predicted octanol–water partition coefficient (Wildman–Crippen LogP) is 2.75. The molecule has 1 aliphatic heterocycles. The first-order chi connectivity index (χ1) is 10.0. The van der Waals surface area contributed by atoms with E-state index in [0.717, 1.165) is 25.9 Å². The average molecular weight is 288 g/mol. The molecule has 1 saturated heterocycles. The number of nitro benzene ring substituents is 1. The fourth-order valence-corrected chi connectivity index (χ4v) is 2.64. The van der Waals surface area contributed by atoms with E-state index in [1.165, 1.54) is 12.1 Å². The van der Waals surface area contributed by atoms with Crippen LogP contribution in [0, 0.1) is 21.4 Å². The maximum atomic E-state index is 10.7. The first kappa shape index (κ1) is 15.3. The van der Waals surface area contributed by atoms with E-state index in [1.807, 2.05) is 6.07 Å². The van der Waals surface area contributed by atoms with Gasteiger partial charge < -0.3 is 10.2 Å². The van der Waals surface area contributed by atoms with Gasteiger partial charge in [-0.3, -0.25) is 10.1 Å². The van der Waals surface area contributed by atoms with E-state index in [4.69, 9.17) is 5.26 Å². The summed E-state index contributed by atoms with van der Waals surface area (Å²) >= 11 is 0. The van der Waals surface area contributed by atoms with Crippen LogP contribution in [0.3, 0.4) is 0 Å². The highest BCUT2D eigenvalue weighted by Gasteiger charge is 2.21. The van der Waals surface area contributed by atoms with Gasteiger partial charge in [-0.15, -0.1) is 0 Å². The molecule has 1 aromatic carbocycles. The van der Waals surface area contributed by atoms with E-state index in [9.17, 15) is 10.1 Å². The highest BCUT2D eigenvalue weighted by atomic mass is 16.6. The van der Waals surface area contributed by atoms with Crippen molar-refractivity contribution in [1.82, 2.24) is 4.90 Å². The molecule has 0 atom stereocenters. The Morgan fingerprint density at radius 1 is 1.43 bits per heavy atom. The van der Waals surface area contributed by atoms with Gasteiger partial charge >= 0.3 is 0 Å². The fraction of sp³-hybridized carbons (Fsp3) is 0.533. The van der Waals surface area contributed by atoms with E-state index >= 15 is 0 Å². The number of anilines is 1. The molecule has 0 amide bonds. The maximum Gasteiger partial charge on any atom is 0.270 e. The highest BCUT2D eigenvalue weighted by molar-refractivity contribution is 5.61. The number of piperidine rings is 1. The van der Waals surface area contributed by atoms with Crippen molar-refractivity contribution in [2.45, 2.75) is 38.8 Å². The minimum Gasteiger partial charge on any atom is -0.381 e. The third-order valence-corrected chi connectivity index (χ3v) is 3.95. The molecule has 0 unspecified atom stereocenters. The lowest BCUT2D eigenvalue weighted by atomic mass is 10.0. The number of hydrogen-bond donors (Lipinski definition) is 1. The topological polar surface area (TPSA) is 82.2 Å². The molecule has 1 aromatic rings. The van der Waals surface area contributed by atoms with Gasteiger partial charge in [0.2, 0.25) is 0 Å². The zero-order valence-electron chi connectivity index (χ0n) is 12.4. The molecule has 0 aliphatic carbocycles. The minimum absolute atomic E-state index is 0.0493. The molecule has 0 bridgehead atoms. The van der Waals surface area contributed by atoms with E-state index < -0.39 is 4.92 Å². The van der Waals surface area contributed by atoms with Crippen molar-refractivity contribution in [2.24, 2.45) is 0 Å². The smallest absolute Gasteiger partial charge is 0.270 e. The quantitative estimate of drug-likeness (QED) is 0.680. The molecular weight excluding hydrogens is 268 g/mol. The summed E-state index contributed by atoms with van der Waals surface area (Å²) in [7, 11) is 0. The normalized spacial score (nSPS) is 16.7. The van der Waals surface area contributed by atoms with Gasteiger partial charge in [-0.2, -0.15) is 5.26 Å². The third-order valence-electron chi connectivity index (χ3n) is 3.95. The van der Waals surface area contributed by atoms with Crippen LogP contribution in [-0.4, -0.2) is 35.0 Å². The maximum absolute atomic E-state index is 10.7. The van der Waals surface area contributed by atoms with Gasteiger partial charge in [0.25, 0.3) is 5.69 Å². The van der Waals surface area contributed by atoms with Crippen molar-refractivity contribution < 1.29 is 4.92 Å². The van der Waals surface area contributed by atoms with Crippen LogP contribution in [0.25, 0.3) is 0 Å². The monoisotopic (exact) mass is 288 g/mol. The average Bonchev–Trinajstić information content (AvgIpc) is 2.48. The van der Waals surface area contributed by atoms with Crippen molar-refractivity contribution in [3.63, 3.8) is 0 Å². The largest absolute Gasteiger partial charge is 0.381 e. The van der Waals surface area contributed by atoms with E-state index in [1.54, 1.807) is 6.07 Å². The summed E-state index contributed by atoms with van der Waals surface area (Å²) in [6, 6.07) is 7.29. The predicted molar refractivity (Wildman–Crippen MR) is 81.2 cm³/mol. The van der Waals surface area contributed by atoms with Gasteiger partial charge in [0, 0.05) is 37.3 Å². The summed E-state index contributed by atoms with van der Waals surface area (Å²) in [6.45, 7) is 6.45. The second kappa shape index (κ2) is 6.55. The molecule has 0 aromatic heterocycles. The summed E-state index contributed by atoms with van der Waals surface area (Å²) in [5.74, 6) is 0. The molecule has 6 heteroatoms. The third kappa shape index (κ3) is 3.70. The Kier molecular flexibility index (Phi) is 4.76. The van der Waals surface area contributed by atoms with Crippen molar-refractivity contribution in [2.75, 3.05) is 18.4 Å². The number of benzene rings is 1. The van der Waals surface area contributed by atoms with Crippen LogP contribution in [0.1, 0.15) is 32.3 Å². The number of hydrogen-bond acceptors (Lipinski definition) is 5. The van der Waals surface area contributed by atoms with Gasteiger partial charge in [0.05, 0.1) is 16.2 Å². The number of nitriles is 1. The van der Waals surface area contributed by atoms with Crippen LogP contribution in [-0.2, 0) is 0 Å². The summed E-state index contributed by atoms with van der Waals surface area (Å²) in [5.41, 5.74) is 0.966. The number of nitro groups is 1. The van der Waals surface area contributed by atoms with Crippen LogP contribution < -0.4 is 5.32 Å². The molecule has 1 fully saturated rings. The van der Waals surface area contributed by atoms with E-state index in [2.05, 4.69) is 24.1 Å². The Hall–Kier alpha value is -2.13. The van der Waals surface area contributed by atoms with Crippen molar-refractivity contribution >= 4 is 11.4 Å². The van der Waals surface area contributed by atoms with Crippen molar-refractivity contribution in [3.05, 3.63) is 33.9 Å². The Morgan fingerprint density at radius 2 is 2.10 bits per heavy atom. The van der Waals surface area contributed by atoms with Crippen LogP contribution in [0.2, 0.25) is 0 Å². The summed E-state index contributed by atoms with van der Waals surface area (Å²) in [6.07, 6.45) is 2.03. The molecule has 0 saturated carbocycles. The first-order valence-corrected chi connectivity index (χ1v) is 7.20. The van der Waals surface area contributed by atoms with E-state index in [-0.39, 0.29) is 5.69 Å². The highest BCUT2D eigenvalue weighted by Crippen LogP contribution is 2.24. The molecule has 112 valence electrons. The lowest BCUT2D eigenvalue weighted by Gasteiger charge is -2.35. The number of likely N-dealkylation sites (tertiary alicyclic amines) is 1. The second-order valence-electron chi connectivity index (χ2n) is 5.65. The molecule has 1 N–H and O–H groups in total.